The van der Waals surface area contributed by atoms with Gasteiger partial charge in [-0.25, -0.2) is 0 Å². The highest BCUT2D eigenvalue weighted by Crippen LogP contribution is 2.38. The fourth-order valence-corrected chi connectivity index (χ4v) is 5.08. The van der Waals surface area contributed by atoms with Crippen LogP contribution in [-0.2, 0) is 13.5 Å². The monoisotopic (exact) mass is 439 g/mol. The van der Waals surface area contributed by atoms with Crippen molar-refractivity contribution in [2.24, 2.45) is 7.05 Å². The number of aryl methyl sites for hydroxylation is 1. The first-order chi connectivity index (χ1) is 16.1. The molecule has 0 saturated heterocycles. The van der Waals surface area contributed by atoms with E-state index in [-0.39, 0.29) is 11.9 Å². The van der Waals surface area contributed by atoms with Gasteiger partial charge in [0.1, 0.15) is 12.7 Å². The third kappa shape index (κ3) is 4.09. The molecule has 2 aromatic carbocycles. The molecule has 0 N–H and O–H groups in total. The Kier molecular flexibility index (Phi) is 5.82. The van der Waals surface area contributed by atoms with Crippen molar-refractivity contribution in [1.29, 1.82) is 0 Å². The molecule has 33 heavy (non-hydrogen) atoms. The summed E-state index contributed by atoms with van der Waals surface area (Å²) in [4.78, 5) is 15.5. The van der Waals surface area contributed by atoms with E-state index in [2.05, 4.69) is 58.3 Å². The van der Waals surface area contributed by atoms with Crippen LogP contribution in [0.5, 0.6) is 0 Å². The van der Waals surface area contributed by atoms with Crippen LogP contribution in [0.15, 0.2) is 73.4 Å². The quantitative estimate of drug-likeness (QED) is 0.439. The van der Waals surface area contributed by atoms with Crippen LogP contribution >= 0.6 is 0 Å². The second kappa shape index (κ2) is 9.06. The van der Waals surface area contributed by atoms with Crippen LogP contribution in [0.2, 0.25) is 0 Å². The standard InChI is InChI=1S/C27H29N5O/c1-30-17-24-23(26(30)20-10-5-3-6-11-20)14-7-4-8-15-25(24)31(2)27(33)21-12-9-13-22(16-21)32-18-28-29-19-32/h3,5-6,9-13,16-19,25H,4,7-8,14-15H2,1-2H3. The highest BCUT2D eigenvalue weighted by molar-refractivity contribution is 5.95. The van der Waals surface area contributed by atoms with Crippen molar-refractivity contribution in [3.05, 3.63) is 90.1 Å². The second-order valence-corrected chi connectivity index (χ2v) is 8.84. The van der Waals surface area contributed by atoms with E-state index in [1.807, 2.05) is 40.8 Å². The van der Waals surface area contributed by atoms with E-state index in [0.717, 1.165) is 24.9 Å². The maximum absolute atomic E-state index is 13.6. The third-order valence-electron chi connectivity index (χ3n) is 6.73. The van der Waals surface area contributed by atoms with Crippen LogP contribution in [0.3, 0.4) is 0 Å². The van der Waals surface area contributed by atoms with Gasteiger partial charge < -0.3 is 9.47 Å². The van der Waals surface area contributed by atoms with E-state index in [0.29, 0.717) is 5.56 Å². The van der Waals surface area contributed by atoms with Crippen LogP contribution in [-0.4, -0.2) is 37.2 Å². The van der Waals surface area contributed by atoms with Crippen molar-refractivity contribution in [2.75, 3.05) is 7.05 Å². The molecule has 0 aliphatic heterocycles. The molecule has 1 aliphatic carbocycles. The van der Waals surface area contributed by atoms with E-state index in [4.69, 9.17) is 0 Å². The summed E-state index contributed by atoms with van der Waals surface area (Å²) in [5.41, 5.74) is 6.72. The van der Waals surface area contributed by atoms with E-state index >= 15 is 0 Å². The number of hydrogen-bond acceptors (Lipinski definition) is 3. The Morgan fingerprint density at radius 1 is 1.00 bits per heavy atom. The lowest BCUT2D eigenvalue weighted by atomic mass is 9.89. The number of hydrogen-bond donors (Lipinski definition) is 0. The Morgan fingerprint density at radius 3 is 2.58 bits per heavy atom. The Bertz CT molecular complexity index is 1240. The molecule has 0 fully saturated rings. The predicted molar refractivity (Wildman–Crippen MR) is 129 cm³/mol. The summed E-state index contributed by atoms with van der Waals surface area (Å²) < 4.78 is 4.05. The Morgan fingerprint density at radius 2 is 1.79 bits per heavy atom. The SMILES string of the molecule is CN(C(=O)c1cccc(-n2cnnc2)c1)C1CCCCCc2c1cn(C)c2-c1ccccc1. The number of carbonyl (C=O) groups excluding carboxylic acids is 1. The first-order valence-electron chi connectivity index (χ1n) is 11.6. The molecule has 2 heterocycles. The Hall–Kier alpha value is -3.67. The molecule has 1 atom stereocenters. The molecule has 5 rings (SSSR count). The average Bonchev–Trinajstić information content (AvgIpc) is 3.48. The van der Waals surface area contributed by atoms with Gasteiger partial charge in [-0.15, -0.1) is 10.2 Å². The maximum Gasteiger partial charge on any atom is 0.254 e. The number of nitrogens with zero attached hydrogens (tertiary/aromatic N) is 5. The van der Waals surface area contributed by atoms with Gasteiger partial charge in [-0.1, -0.05) is 49.2 Å². The second-order valence-electron chi connectivity index (χ2n) is 8.84. The number of fused-ring (bicyclic) bond motifs is 1. The summed E-state index contributed by atoms with van der Waals surface area (Å²) in [6, 6.07) is 18.3. The number of carbonyl (C=O) groups is 1. The molecule has 1 amide bonds. The van der Waals surface area contributed by atoms with Crippen molar-refractivity contribution in [3.63, 3.8) is 0 Å². The topological polar surface area (TPSA) is 56.0 Å². The van der Waals surface area contributed by atoms with Crippen molar-refractivity contribution >= 4 is 5.91 Å². The zero-order valence-corrected chi connectivity index (χ0v) is 19.2. The Balaban J connectivity index is 1.51. The smallest absolute Gasteiger partial charge is 0.254 e. The molecule has 6 heteroatoms. The van der Waals surface area contributed by atoms with Crippen LogP contribution < -0.4 is 0 Å². The van der Waals surface area contributed by atoms with E-state index in [1.165, 1.54) is 35.2 Å². The van der Waals surface area contributed by atoms with E-state index in [9.17, 15) is 4.79 Å². The zero-order chi connectivity index (χ0) is 22.8. The molecule has 168 valence electrons. The van der Waals surface area contributed by atoms with Gasteiger partial charge in [-0.05, 0) is 54.2 Å². The molecule has 4 aromatic rings. The summed E-state index contributed by atoms with van der Waals surface area (Å²) in [5, 5.41) is 7.75. The van der Waals surface area contributed by atoms with Crippen LogP contribution in [0, 0.1) is 0 Å². The summed E-state index contributed by atoms with van der Waals surface area (Å²) >= 11 is 0. The first kappa shape index (κ1) is 21.2. The number of aromatic nitrogens is 4. The molecular weight excluding hydrogens is 410 g/mol. The van der Waals surface area contributed by atoms with Gasteiger partial charge in [0.05, 0.1) is 11.7 Å². The zero-order valence-electron chi connectivity index (χ0n) is 19.2. The molecule has 0 saturated carbocycles. The summed E-state index contributed by atoms with van der Waals surface area (Å²) in [6.07, 6.45) is 11.0. The first-order valence-corrected chi connectivity index (χ1v) is 11.6. The summed E-state index contributed by atoms with van der Waals surface area (Å²) in [7, 11) is 4.06. The number of benzene rings is 2. The lowest BCUT2D eigenvalue weighted by Gasteiger charge is -2.30. The molecule has 2 aromatic heterocycles. The van der Waals surface area contributed by atoms with Crippen molar-refractivity contribution < 1.29 is 4.79 Å². The van der Waals surface area contributed by atoms with Gasteiger partial charge >= 0.3 is 0 Å². The van der Waals surface area contributed by atoms with Gasteiger partial charge in [0.2, 0.25) is 0 Å². The maximum atomic E-state index is 13.6. The Labute approximate surface area is 194 Å². The average molecular weight is 440 g/mol. The van der Waals surface area contributed by atoms with Gasteiger partial charge in [-0.2, -0.15) is 0 Å². The van der Waals surface area contributed by atoms with Crippen LogP contribution in [0.25, 0.3) is 16.9 Å². The normalized spacial score (nSPS) is 16.0. The third-order valence-corrected chi connectivity index (χ3v) is 6.73. The van der Waals surface area contributed by atoms with Gasteiger partial charge in [0.25, 0.3) is 5.91 Å². The molecule has 1 aliphatic rings. The van der Waals surface area contributed by atoms with Crippen LogP contribution in [0.1, 0.15) is 53.2 Å². The summed E-state index contributed by atoms with van der Waals surface area (Å²) in [6.45, 7) is 0. The minimum absolute atomic E-state index is 0.0339. The van der Waals surface area contributed by atoms with Crippen molar-refractivity contribution in [2.45, 2.75) is 38.1 Å². The van der Waals surface area contributed by atoms with Crippen molar-refractivity contribution in [3.8, 4) is 16.9 Å². The highest BCUT2D eigenvalue weighted by Gasteiger charge is 2.29. The molecule has 6 nitrogen and oxygen atoms in total. The van der Waals surface area contributed by atoms with Gasteiger partial charge in [0, 0.05) is 31.5 Å². The molecule has 0 spiro atoms. The number of amides is 1. The predicted octanol–water partition coefficient (Wildman–Crippen LogP) is 5.20. The fraction of sp³-hybridized carbons (Fsp3) is 0.296. The lowest BCUT2D eigenvalue weighted by molar-refractivity contribution is 0.0718. The van der Waals surface area contributed by atoms with Crippen LogP contribution in [0.4, 0.5) is 0 Å². The van der Waals surface area contributed by atoms with Gasteiger partial charge in [0.15, 0.2) is 0 Å². The largest absolute Gasteiger partial charge is 0.350 e. The molecule has 0 bridgehead atoms. The van der Waals surface area contributed by atoms with Gasteiger partial charge in [-0.3, -0.25) is 9.36 Å². The number of rotatable bonds is 4. The fourth-order valence-electron chi connectivity index (χ4n) is 5.08. The molecule has 0 radical (unpaired) electrons. The van der Waals surface area contributed by atoms with E-state index < -0.39 is 0 Å². The lowest BCUT2D eigenvalue weighted by Crippen LogP contribution is -2.32. The highest BCUT2D eigenvalue weighted by atomic mass is 16.2. The molecular formula is C27H29N5O. The molecule has 1 unspecified atom stereocenters. The van der Waals surface area contributed by atoms with Crippen molar-refractivity contribution in [1.82, 2.24) is 24.2 Å². The minimum atomic E-state index is 0.0339. The minimum Gasteiger partial charge on any atom is -0.350 e. The summed E-state index contributed by atoms with van der Waals surface area (Å²) in [5.74, 6) is 0.0339. The van der Waals surface area contributed by atoms with E-state index in [1.54, 1.807) is 12.7 Å².